The van der Waals surface area contributed by atoms with Crippen LogP contribution in [0.5, 0.6) is 0 Å². The Morgan fingerprint density at radius 3 is 0.667 bits per heavy atom. The first-order valence-corrected chi connectivity index (χ1v) is 0. The molecule has 1 radical (unpaired) electrons. The van der Waals surface area contributed by atoms with Crippen molar-refractivity contribution in [2.75, 3.05) is 0 Å². The molecule has 0 unspecified atom stereocenters. The molecule has 0 saturated heterocycles. The van der Waals surface area contributed by atoms with Crippen LogP contribution < -0.4 is 0 Å². The fraction of sp³-hybridized carbons (Fsp3) is 0. The largest absolute Gasteiger partial charge is 1.00 e. The molecule has 0 spiro atoms. The topological polar surface area (TPSA) is 124 Å². The summed E-state index contributed by atoms with van der Waals surface area (Å²) in [6.07, 6.45) is 0. The average molecular weight is 234 g/mol. The summed E-state index contributed by atoms with van der Waals surface area (Å²) in [5, 5.41) is 0. The molecule has 0 bridgehead atoms. The van der Waals surface area contributed by atoms with Crippen LogP contribution in [0, 0.1) is 0 Å². The van der Waals surface area contributed by atoms with E-state index < -0.39 is 0 Å². The van der Waals surface area contributed by atoms with Crippen molar-refractivity contribution >= 4 is 0 Å². The minimum Gasteiger partial charge on any atom is -0.870 e. The molecule has 0 aliphatic carbocycles. The predicted molar refractivity (Wildman–Crippen MR) is 12.8 cm³/mol. The fourth-order valence-electron chi connectivity index (χ4n) is 0. The molecule has 6 heteroatoms. The Kier molecular flexibility index (Phi) is 4770. The van der Waals surface area contributed by atoms with E-state index in [-0.39, 0.29) is 61.4 Å². The third kappa shape index (κ3) is 70.9. The molecule has 0 fully saturated rings. The summed E-state index contributed by atoms with van der Waals surface area (Å²) in [4.78, 5) is 0. The van der Waals surface area contributed by atoms with Gasteiger partial charge in [0.15, 0.2) is 0 Å². The quantitative estimate of drug-likeness (QED) is 0.417. The van der Waals surface area contributed by atoms with Crippen molar-refractivity contribution < 1.29 is 61.4 Å². The van der Waals surface area contributed by atoms with Crippen molar-refractivity contribution in [3.8, 4) is 0 Å². The van der Waals surface area contributed by atoms with Crippen LogP contribution in [0.1, 0.15) is 0 Å². The zero-order valence-corrected chi connectivity index (χ0v) is 5.29. The summed E-state index contributed by atoms with van der Waals surface area (Å²) in [5.74, 6) is 0. The maximum absolute atomic E-state index is 0. The van der Waals surface area contributed by atoms with Crippen molar-refractivity contribution in [2.45, 2.75) is 0 Å². The van der Waals surface area contributed by atoms with Crippen LogP contribution in [0.3, 0.4) is 0 Å². The van der Waals surface area contributed by atoms with Crippen LogP contribution in [0.15, 0.2) is 0 Å². The van der Waals surface area contributed by atoms with Crippen LogP contribution in [0.25, 0.3) is 0 Å². The molecule has 7 N–H and O–H groups in total. The van der Waals surface area contributed by atoms with Crippen LogP contribution in [0.4, 0.5) is 0 Å². The minimum absolute atomic E-state index is 0. The van der Waals surface area contributed by atoms with Gasteiger partial charge in [-0.15, -0.1) is 0 Å². The summed E-state index contributed by atoms with van der Waals surface area (Å²) in [6, 6.07) is 0. The predicted octanol–water partition coefficient (Wildman–Crippen LogP) is -2.66. The summed E-state index contributed by atoms with van der Waals surface area (Å²) < 4.78 is 0. The Hall–Kier alpha value is 1.10. The van der Waals surface area contributed by atoms with E-state index in [2.05, 4.69) is 0 Å². The van der Waals surface area contributed by atoms with Gasteiger partial charge < -0.3 is 21.9 Å². The smallest absolute Gasteiger partial charge is 0.870 e. The van der Waals surface area contributed by atoms with Gasteiger partial charge in [-0.1, -0.05) is 0 Å². The van der Waals surface area contributed by atoms with Crippen molar-refractivity contribution in [3.63, 3.8) is 0 Å². The molecule has 0 heterocycles. The molecule has 6 heavy (non-hydrogen) atoms. The molecule has 0 rings (SSSR count). The van der Waals surface area contributed by atoms with Crippen molar-refractivity contribution in [1.29, 1.82) is 0 Å². The van der Waals surface area contributed by atoms with Crippen LogP contribution in [-0.2, 0) is 39.4 Å². The summed E-state index contributed by atoms with van der Waals surface area (Å²) in [6.45, 7) is 0. The SMILES string of the molecule is O.O.O.[Ag+].[Mn].[OH-]. The summed E-state index contributed by atoms with van der Waals surface area (Å²) >= 11 is 0. The second kappa shape index (κ2) is 131. The summed E-state index contributed by atoms with van der Waals surface area (Å²) in [5.41, 5.74) is 0. The molecule has 0 saturated carbocycles. The normalized spacial score (nSPS) is 0. The van der Waals surface area contributed by atoms with Gasteiger partial charge in [-0.05, 0) is 0 Å². The van der Waals surface area contributed by atoms with Gasteiger partial charge in [0.1, 0.15) is 0 Å². The van der Waals surface area contributed by atoms with E-state index in [0.717, 1.165) is 0 Å². The second-order valence-electron chi connectivity index (χ2n) is 0. The number of hydrogen-bond donors (Lipinski definition) is 0. The Morgan fingerprint density at radius 2 is 0.667 bits per heavy atom. The molecule has 0 aliphatic heterocycles. The third-order valence-corrected chi connectivity index (χ3v) is 0. The molecule has 0 amide bonds. The van der Waals surface area contributed by atoms with Gasteiger partial charge in [0.2, 0.25) is 0 Å². The summed E-state index contributed by atoms with van der Waals surface area (Å²) in [7, 11) is 0. The first-order chi connectivity index (χ1) is 0. The number of hydrogen-bond acceptors (Lipinski definition) is 1. The van der Waals surface area contributed by atoms with Gasteiger partial charge in [-0.2, -0.15) is 0 Å². The van der Waals surface area contributed by atoms with Crippen LogP contribution in [-0.4, -0.2) is 21.9 Å². The molecule has 0 aromatic rings. The molecule has 0 atom stereocenters. The van der Waals surface area contributed by atoms with Crippen molar-refractivity contribution in [2.24, 2.45) is 0 Å². The van der Waals surface area contributed by atoms with Gasteiger partial charge in [0, 0.05) is 17.1 Å². The van der Waals surface area contributed by atoms with Gasteiger partial charge >= 0.3 is 22.4 Å². The standard InChI is InChI=1S/Ag.Mn.4H2O/h;;4*1H2/q+1;;;;;/p-1. The van der Waals surface area contributed by atoms with E-state index in [0.29, 0.717) is 0 Å². The monoisotopic (exact) mass is 233 g/mol. The van der Waals surface area contributed by atoms with E-state index in [4.69, 9.17) is 0 Å². The van der Waals surface area contributed by atoms with Gasteiger partial charge in [0.25, 0.3) is 0 Å². The van der Waals surface area contributed by atoms with E-state index in [1.807, 2.05) is 0 Å². The van der Waals surface area contributed by atoms with Gasteiger partial charge in [0.05, 0.1) is 0 Å². The minimum atomic E-state index is 0. The van der Waals surface area contributed by atoms with Gasteiger partial charge in [-0.25, -0.2) is 0 Å². The molecule has 4 nitrogen and oxygen atoms in total. The van der Waals surface area contributed by atoms with E-state index >= 15 is 0 Å². The second-order valence-corrected chi connectivity index (χ2v) is 0. The molecule has 0 aromatic carbocycles. The fourth-order valence-corrected chi connectivity index (χ4v) is 0. The van der Waals surface area contributed by atoms with E-state index in [1.54, 1.807) is 0 Å². The Bertz CT molecular complexity index is 7.51. The zero-order valence-electron chi connectivity index (χ0n) is 2.63. The third-order valence-electron chi connectivity index (χ3n) is 0. The van der Waals surface area contributed by atoms with Crippen molar-refractivity contribution in [1.82, 2.24) is 0 Å². The number of rotatable bonds is 0. The molecular weight excluding hydrogens is 227 g/mol. The zero-order chi connectivity index (χ0) is 0. The Labute approximate surface area is 61.5 Å². The maximum Gasteiger partial charge on any atom is 1.00 e. The van der Waals surface area contributed by atoms with Crippen molar-refractivity contribution in [3.05, 3.63) is 0 Å². The van der Waals surface area contributed by atoms with Gasteiger partial charge in [-0.3, -0.25) is 0 Å². The Morgan fingerprint density at radius 1 is 0.667 bits per heavy atom. The average Bonchev–Trinajstić information content (AvgIpc) is 0. The molecular formula is H7AgMnO4. The Balaban J connectivity index is 0. The molecule has 0 aromatic heterocycles. The first kappa shape index (κ1) is 218. The van der Waals surface area contributed by atoms with E-state index in [1.165, 1.54) is 0 Å². The first-order valence-electron chi connectivity index (χ1n) is 0. The van der Waals surface area contributed by atoms with Crippen LogP contribution >= 0.6 is 0 Å². The van der Waals surface area contributed by atoms with E-state index in [9.17, 15) is 0 Å². The molecule has 49 valence electrons. The molecule has 0 aliphatic rings. The maximum atomic E-state index is 0. The van der Waals surface area contributed by atoms with Crippen LogP contribution in [0.2, 0.25) is 0 Å².